The summed E-state index contributed by atoms with van der Waals surface area (Å²) in [6.07, 6.45) is 0. The van der Waals surface area contributed by atoms with E-state index in [4.69, 9.17) is 16.6 Å². The lowest BCUT2D eigenvalue weighted by molar-refractivity contribution is -0.139. The van der Waals surface area contributed by atoms with E-state index in [1.807, 2.05) is 42.5 Å². The molecule has 0 aromatic heterocycles. The minimum Gasteiger partial charge on any atom is -0.480 e. The van der Waals surface area contributed by atoms with Crippen LogP contribution in [0.4, 0.5) is 0 Å². The number of carboxylic acid groups (broad SMARTS) is 1. The van der Waals surface area contributed by atoms with Gasteiger partial charge in [-0.3, -0.25) is 4.79 Å². The highest BCUT2D eigenvalue weighted by Crippen LogP contribution is 2.20. The molecule has 4 nitrogen and oxygen atoms in total. The highest BCUT2D eigenvalue weighted by atomic mass is 16.4. The van der Waals surface area contributed by atoms with Crippen LogP contribution in [-0.4, -0.2) is 17.1 Å². The summed E-state index contributed by atoms with van der Waals surface area (Å²) in [6, 6.07) is 11.6. The molecule has 0 heterocycles. The summed E-state index contributed by atoms with van der Waals surface area (Å²) < 4.78 is 0. The number of aliphatic carboxylic acids is 1. The normalized spacial score (nSPS) is 14.5. The van der Waals surface area contributed by atoms with E-state index in [9.17, 15) is 4.79 Å². The van der Waals surface area contributed by atoms with Crippen molar-refractivity contribution in [3.63, 3.8) is 0 Å². The van der Waals surface area contributed by atoms with Crippen molar-refractivity contribution >= 4 is 16.7 Å². The highest BCUT2D eigenvalue weighted by Gasteiger charge is 2.21. The number of hydrogen-bond donors (Lipinski definition) is 3. The van der Waals surface area contributed by atoms with E-state index in [-0.39, 0.29) is 0 Å². The molecule has 2 aromatic carbocycles. The number of carbonyl (C=O) groups is 1. The summed E-state index contributed by atoms with van der Waals surface area (Å²) in [7, 11) is 0. The maximum Gasteiger partial charge on any atom is 0.322 e. The minimum atomic E-state index is -1.09. The molecular formula is C13H14N2O2. The van der Waals surface area contributed by atoms with Crippen molar-refractivity contribution in [2.75, 3.05) is 0 Å². The van der Waals surface area contributed by atoms with Crippen LogP contribution < -0.4 is 11.5 Å². The Hall–Kier alpha value is -1.91. The van der Waals surface area contributed by atoms with Gasteiger partial charge in [-0.2, -0.15) is 0 Å². The van der Waals surface area contributed by atoms with Crippen molar-refractivity contribution in [3.8, 4) is 0 Å². The van der Waals surface area contributed by atoms with Crippen LogP contribution in [0.2, 0.25) is 0 Å². The Morgan fingerprint density at radius 2 is 1.71 bits per heavy atom. The predicted molar refractivity (Wildman–Crippen MR) is 66.5 cm³/mol. The fraction of sp³-hybridized carbons (Fsp3) is 0.154. The van der Waals surface area contributed by atoms with E-state index in [1.165, 1.54) is 0 Å². The Bertz CT molecular complexity index is 554. The molecule has 2 rings (SSSR count). The number of benzene rings is 2. The summed E-state index contributed by atoms with van der Waals surface area (Å²) in [6.45, 7) is 0. The van der Waals surface area contributed by atoms with Crippen LogP contribution in [0.25, 0.3) is 10.8 Å². The Morgan fingerprint density at radius 1 is 1.06 bits per heavy atom. The fourth-order valence-corrected chi connectivity index (χ4v) is 1.78. The standard InChI is InChI=1S/C13H14N2O2/c14-11(12(15)13(16)17)10-6-5-8-3-1-2-4-9(8)7-10/h1-7,11-12H,14-15H2,(H,16,17). The molecule has 88 valence electrons. The van der Waals surface area contributed by atoms with E-state index in [0.29, 0.717) is 0 Å². The maximum absolute atomic E-state index is 10.8. The molecule has 2 atom stereocenters. The molecule has 0 saturated heterocycles. The average Bonchev–Trinajstić information content (AvgIpc) is 2.36. The van der Waals surface area contributed by atoms with Crippen LogP contribution in [0, 0.1) is 0 Å². The van der Waals surface area contributed by atoms with E-state index < -0.39 is 18.1 Å². The van der Waals surface area contributed by atoms with Gasteiger partial charge >= 0.3 is 5.97 Å². The van der Waals surface area contributed by atoms with Gasteiger partial charge in [-0.25, -0.2) is 0 Å². The molecule has 0 amide bonds. The molecule has 5 N–H and O–H groups in total. The number of fused-ring (bicyclic) bond motifs is 1. The van der Waals surface area contributed by atoms with Crippen LogP contribution >= 0.6 is 0 Å². The van der Waals surface area contributed by atoms with Crippen LogP contribution in [-0.2, 0) is 4.79 Å². The zero-order valence-corrected chi connectivity index (χ0v) is 9.21. The first kappa shape index (κ1) is 11.6. The predicted octanol–water partition coefficient (Wildman–Crippen LogP) is 1.25. The Kier molecular flexibility index (Phi) is 3.08. The minimum absolute atomic E-state index is 0.697. The maximum atomic E-state index is 10.8. The summed E-state index contributed by atoms with van der Waals surface area (Å²) in [4.78, 5) is 10.8. The third-order valence-corrected chi connectivity index (χ3v) is 2.83. The second kappa shape index (κ2) is 4.53. The molecule has 0 fully saturated rings. The van der Waals surface area contributed by atoms with Crippen molar-refractivity contribution in [3.05, 3.63) is 48.0 Å². The largest absolute Gasteiger partial charge is 0.480 e. The summed E-state index contributed by atoms with van der Waals surface area (Å²) in [5.74, 6) is -1.09. The lowest BCUT2D eigenvalue weighted by atomic mass is 9.98. The second-order valence-electron chi connectivity index (χ2n) is 4.00. The molecule has 0 aliphatic heterocycles. The molecule has 0 radical (unpaired) electrons. The topological polar surface area (TPSA) is 89.3 Å². The smallest absolute Gasteiger partial charge is 0.322 e. The van der Waals surface area contributed by atoms with Gasteiger partial charge in [-0.05, 0) is 22.4 Å². The van der Waals surface area contributed by atoms with Crippen LogP contribution in [0.15, 0.2) is 42.5 Å². The van der Waals surface area contributed by atoms with Crippen molar-refractivity contribution in [2.45, 2.75) is 12.1 Å². The molecule has 0 saturated carbocycles. The van der Waals surface area contributed by atoms with E-state index >= 15 is 0 Å². The molecule has 2 aromatic rings. The number of hydrogen-bond acceptors (Lipinski definition) is 3. The Balaban J connectivity index is 2.39. The van der Waals surface area contributed by atoms with Gasteiger partial charge in [0.25, 0.3) is 0 Å². The van der Waals surface area contributed by atoms with Gasteiger partial charge in [0.1, 0.15) is 6.04 Å². The molecule has 0 aliphatic rings. The van der Waals surface area contributed by atoms with E-state index in [2.05, 4.69) is 0 Å². The highest BCUT2D eigenvalue weighted by molar-refractivity contribution is 5.83. The van der Waals surface area contributed by atoms with E-state index in [1.54, 1.807) is 0 Å². The molecule has 2 unspecified atom stereocenters. The Labute approximate surface area is 98.8 Å². The van der Waals surface area contributed by atoms with Crippen molar-refractivity contribution in [1.29, 1.82) is 0 Å². The van der Waals surface area contributed by atoms with Crippen LogP contribution in [0.5, 0.6) is 0 Å². The monoisotopic (exact) mass is 230 g/mol. The van der Waals surface area contributed by atoms with Gasteiger partial charge in [0.05, 0.1) is 6.04 Å². The summed E-state index contributed by atoms with van der Waals surface area (Å²) >= 11 is 0. The lowest BCUT2D eigenvalue weighted by Crippen LogP contribution is -2.40. The quantitative estimate of drug-likeness (QED) is 0.740. The van der Waals surface area contributed by atoms with Crippen LogP contribution in [0.1, 0.15) is 11.6 Å². The summed E-state index contributed by atoms with van der Waals surface area (Å²) in [5, 5.41) is 10.9. The first-order chi connectivity index (χ1) is 8.09. The molecule has 0 spiro atoms. The molecule has 0 aliphatic carbocycles. The Morgan fingerprint density at radius 3 is 2.35 bits per heavy atom. The molecule has 4 heteroatoms. The molecular weight excluding hydrogens is 216 g/mol. The average molecular weight is 230 g/mol. The van der Waals surface area contributed by atoms with Crippen molar-refractivity contribution in [2.24, 2.45) is 11.5 Å². The van der Waals surface area contributed by atoms with Gasteiger partial charge in [0.2, 0.25) is 0 Å². The van der Waals surface area contributed by atoms with Gasteiger partial charge in [0, 0.05) is 0 Å². The van der Waals surface area contributed by atoms with Gasteiger partial charge in [0.15, 0.2) is 0 Å². The number of rotatable bonds is 3. The zero-order valence-electron chi connectivity index (χ0n) is 9.21. The first-order valence-electron chi connectivity index (χ1n) is 5.32. The fourth-order valence-electron chi connectivity index (χ4n) is 1.78. The third-order valence-electron chi connectivity index (χ3n) is 2.83. The third kappa shape index (κ3) is 2.27. The lowest BCUT2D eigenvalue weighted by Gasteiger charge is -2.16. The molecule has 17 heavy (non-hydrogen) atoms. The van der Waals surface area contributed by atoms with Gasteiger partial charge < -0.3 is 16.6 Å². The number of nitrogens with two attached hydrogens (primary N) is 2. The van der Waals surface area contributed by atoms with E-state index in [0.717, 1.165) is 16.3 Å². The first-order valence-corrected chi connectivity index (χ1v) is 5.32. The molecule has 0 bridgehead atoms. The second-order valence-corrected chi connectivity index (χ2v) is 4.00. The van der Waals surface area contributed by atoms with Crippen molar-refractivity contribution in [1.82, 2.24) is 0 Å². The number of carboxylic acids is 1. The summed E-state index contributed by atoms with van der Waals surface area (Å²) in [5.41, 5.74) is 12.1. The van der Waals surface area contributed by atoms with Crippen LogP contribution in [0.3, 0.4) is 0 Å². The van der Waals surface area contributed by atoms with Crippen molar-refractivity contribution < 1.29 is 9.90 Å². The van der Waals surface area contributed by atoms with Gasteiger partial charge in [-0.15, -0.1) is 0 Å². The zero-order chi connectivity index (χ0) is 12.4. The van der Waals surface area contributed by atoms with Gasteiger partial charge in [-0.1, -0.05) is 36.4 Å². The SMILES string of the molecule is NC(C(=O)O)C(N)c1ccc2ccccc2c1.